The fourth-order valence-corrected chi connectivity index (χ4v) is 6.38. The van der Waals surface area contributed by atoms with Gasteiger partial charge in [-0.1, -0.05) is 17.7 Å². The van der Waals surface area contributed by atoms with Gasteiger partial charge in [0.2, 0.25) is 12.8 Å². The smallest absolute Gasteiger partial charge is 0.252 e. The van der Waals surface area contributed by atoms with Gasteiger partial charge in [-0.25, -0.2) is 0 Å². The van der Waals surface area contributed by atoms with Crippen LogP contribution in [0, 0.1) is 10.1 Å². The normalized spacial score (nSPS) is 30.8. The van der Waals surface area contributed by atoms with Crippen LogP contribution in [0.15, 0.2) is 36.4 Å². The number of ether oxygens (including phenoxy) is 2. The van der Waals surface area contributed by atoms with E-state index in [1.807, 2.05) is 12.1 Å². The molecule has 6 rings (SSSR count). The average molecular weight is 442 g/mol. The van der Waals surface area contributed by atoms with Crippen LogP contribution in [0.3, 0.4) is 0 Å². The first-order valence-electron chi connectivity index (χ1n) is 10.3. The van der Waals surface area contributed by atoms with E-state index in [4.69, 9.17) is 21.1 Å². The van der Waals surface area contributed by atoms with E-state index in [9.17, 15) is 14.9 Å². The van der Waals surface area contributed by atoms with E-state index >= 15 is 0 Å². The maximum absolute atomic E-state index is 14.0. The number of likely N-dealkylation sites (N-methyl/N-ethyl adjacent to an activating group) is 1. The number of carbonyl (C=O) groups excluding carboxylic acids is 1. The summed E-state index contributed by atoms with van der Waals surface area (Å²) in [7, 11) is 1.73. The van der Waals surface area contributed by atoms with Gasteiger partial charge < -0.3 is 14.4 Å². The number of benzene rings is 2. The summed E-state index contributed by atoms with van der Waals surface area (Å²) >= 11 is 6.37. The summed E-state index contributed by atoms with van der Waals surface area (Å²) in [4.78, 5) is 29.9. The van der Waals surface area contributed by atoms with Crippen LogP contribution in [0.1, 0.15) is 29.9 Å². The molecule has 0 aromatic heterocycles. The number of hydrogen-bond donors (Lipinski definition) is 0. The highest BCUT2D eigenvalue weighted by atomic mass is 35.5. The van der Waals surface area contributed by atoms with Crippen LogP contribution in [-0.4, -0.2) is 48.2 Å². The standard InChI is InChI=1S/C22H20ClN3O5/c1-24-15-6-5-13(23)10-14(15)22(21(24)27)19(12-4-7-17-18(9-12)31-11-30-17)20(26(28)29)16-3-2-8-25(16)22/h4-7,9-10,16,19-20H,2-3,8,11H2,1H3/t16-,19-,20+,22-/m0/s1. The van der Waals surface area contributed by atoms with Gasteiger partial charge in [-0.05, 0) is 48.7 Å². The molecule has 9 heteroatoms. The predicted molar refractivity (Wildman–Crippen MR) is 112 cm³/mol. The second-order valence-corrected chi connectivity index (χ2v) is 9.00. The number of halogens is 1. The number of carbonyl (C=O) groups is 1. The third kappa shape index (κ3) is 2.26. The second-order valence-electron chi connectivity index (χ2n) is 8.56. The SMILES string of the molecule is CN1C(=O)[C@]2(c3cc(Cl)ccc31)[C@@H](c1ccc3c(c1)OCO3)[C@H]([N+](=O)[O-])[C@@H]1CCCN12. The largest absolute Gasteiger partial charge is 0.454 e. The summed E-state index contributed by atoms with van der Waals surface area (Å²) in [6.07, 6.45) is 1.50. The third-order valence-electron chi connectivity index (χ3n) is 7.30. The van der Waals surface area contributed by atoms with Crippen molar-refractivity contribution in [3.05, 3.63) is 62.7 Å². The average Bonchev–Trinajstić information content (AvgIpc) is 3.49. The minimum Gasteiger partial charge on any atom is -0.454 e. The Morgan fingerprint density at radius 3 is 2.81 bits per heavy atom. The van der Waals surface area contributed by atoms with Crippen LogP contribution < -0.4 is 14.4 Å². The van der Waals surface area contributed by atoms with Gasteiger partial charge in [0, 0.05) is 34.8 Å². The molecule has 0 aliphatic carbocycles. The topological polar surface area (TPSA) is 85.1 Å². The van der Waals surface area contributed by atoms with Crippen LogP contribution in [-0.2, 0) is 10.3 Å². The van der Waals surface area contributed by atoms with Gasteiger partial charge in [0.25, 0.3) is 5.91 Å². The van der Waals surface area contributed by atoms with Gasteiger partial charge in [0.15, 0.2) is 11.5 Å². The molecule has 4 atom stereocenters. The molecule has 4 aliphatic heterocycles. The van der Waals surface area contributed by atoms with Gasteiger partial charge in [0.1, 0.15) is 5.54 Å². The number of nitrogens with zero attached hydrogens (tertiary/aromatic N) is 3. The van der Waals surface area contributed by atoms with Crippen LogP contribution in [0.2, 0.25) is 5.02 Å². The lowest BCUT2D eigenvalue weighted by Gasteiger charge is -2.37. The highest BCUT2D eigenvalue weighted by molar-refractivity contribution is 6.31. The van der Waals surface area contributed by atoms with Crippen molar-refractivity contribution in [2.45, 2.75) is 36.4 Å². The lowest BCUT2D eigenvalue weighted by atomic mass is 9.73. The highest BCUT2D eigenvalue weighted by Gasteiger charge is 2.72. The molecule has 0 saturated carbocycles. The van der Waals surface area contributed by atoms with Gasteiger partial charge in [-0.15, -0.1) is 0 Å². The number of amides is 1. The number of rotatable bonds is 2. The molecular weight excluding hydrogens is 422 g/mol. The third-order valence-corrected chi connectivity index (χ3v) is 7.53. The van der Waals surface area contributed by atoms with Crippen LogP contribution >= 0.6 is 11.6 Å². The molecule has 2 saturated heterocycles. The molecule has 8 nitrogen and oxygen atoms in total. The predicted octanol–water partition coefficient (Wildman–Crippen LogP) is 3.15. The summed E-state index contributed by atoms with van der Waals surface area (Å²) < 4.78 is 11.0. The van der Waals surface area contributed by atoms with Gasteiger partial charge in [0.05, 0.1) is 12.0 Å². The van der Waals surface area contributed by atoms with Crippen molar-refractivity contribution >= 4 is 23.2 Å². The van der Waals surface area contributed by atoms with Crippen molar-refractivity contribution in [1.29, 1.82) is 0 Å². The van der Waals surface area contributed by atoms with Crippen molar-refractivity contribution < 1.29 is 19.2 Å². The van der Waals surface area contributed by atoms with E-state index in [1.54, 1.807) is 36.2 Å². The zero-order chi connectivity index (χ0) is 21.5. The summed E-state index contributed by atoms with van der Waals surface area (Å²) in [5.41, 5.74) is 1.01. The number of anilines is 1. The Morgan fingerprint density at radius 2 is 2.00 bits per heavy atom. The Morgan fingerprint density at radius 1 is 1.19 bits per heavy atom. The molecule has 4 heterocycles. The van der Waals surface area contributed by atoms with E-state index < -0.39 is 17.5 Å². The molecule has 1 spiro atoms. The first kappa shape index (κ1) is 18.9. The lowest BCUT2D eigenvalue weighted by molar-refractivity contribution is -0.527. The maximum Gasteiger partial charge on any atom is 0.252 e. The molecule has 2 fully saturated rings. The van der Waals surface area contributed by atoms with E-state index in [2.05, 4.69) is 4.90 Å². The summed E-state index contributed by atoms with van der Waals surface area (Å²) in [6.45, 7) is 0.740. The fraction of sp³-hybridized carbons (Fsp3) is 0.409. The first-order valence-corrected chi connectivity index (χ1v) is 10.7. The fourth-order valence-electron chi connectivity index (χ4n) is 6.20. The van der Waals surface area contributed by atoms with Gasteiger partial charge in [-0.3, -0.25) is 19.8 Å². The molecule has 2 aromatic carbocycles. The summed E-state index contributed by atoms with van der Waals surface area (Å²) in [5, 5.41) is 12.9. The van der Waals surface area contributed by atoms with Crippen LogP contribution in [0.25, 0.3) is 0 Å². The van der Waals surface area contributed by atoms with E-state index in [1.165, 1.54) is 0 Å². The Hall–Kier alpha value is -2.84. The lowest BCUT2D eigenvalue weighted by Crippen LogP contribution is -2.52. The zero-order valence-electron chi connectivity index (χ0n) is 16.8. The van der Waals surface area contributed by atoms with Crippen molar-refractivity contribution in [2.24, 2.45) is 0 Å². The monoisotopic (exact) mass is 441 g/mol. The van der Waals surface area contributed by atoms with E-state index in [-0.39, 0.29) is 23.7 Å². The quantitative estimate of drug-likeness (QED) is 0.525. The Bertz CT molecular complexity index is 1140. The number of fused-ring (bicyclic) bond motifs is 5. The molecule has 31 heavy (non-hydrogen) atoms. The molecule has 0 N–H and O–H groups in total. The molecule has 0 bridgehead atoms. The Labute approximate surface area is 183 Å². The Kier molecular flexibility index (Phi) is 3.86. The highest BCUT2D eigenvalue weighted by Crippen LogP contribution is 2.61. The zero-order valence-corrected chi connectivity index (χ0v) is 17.5. The molecular formula is C22H20ClN3O5. The van der Waals surface area contributed by atoms with Gasteiger partial charge in [-0.2, -0.15) is 0 Å². The molecule has 0 radical (unpaired) electrons. The molecule has 0 unspecified atom stereocenters. The van der Waals surface area contributed by atoms with E-state index in [0.29, 0.717) is 35.1 Å². The Balaban J connectivity index is 1.65. The maximum atomic E-state index is 14.0. The molecule has 1 amide bonds. The molecule has 4 aliphatic rings. The number of hydrogen-bond acceptors (Lipinski definition) is 6. The minimum absolute atomic E-state index is 0.113. The molecule has 2 aromatic rings. The van der Waals surface area contributed by atoms with Crippen molar-refractivity contribution in [2.75, 3.05) is 25.3 Å². The summed E-state index contributed by atoms with van der Waals surface area (Å²) in [6, 6.07) is 9.52. The van der Waals surface area contributed by atoms with Crippen molar-refractivity contribution in [3.8, 4) is 11.5 Å². The van der Waals surface area contributed by atoms with E-state index in [0.717, 1.165) is 17.7 Å². The van der Waals surface area contributed by atoms with Gasteiger partial charge >= 0.3 is 0 Å². The van der Waals surface area contributed by atoms with Crippen LogP contribution in [0.5, 0.6) is 11.5 Å². The minimum atomic E-state index is -1.18. The van der Waals surface area contributed by atoms with Crippen molar-refractivity contribution in [3.63, 3.8) is 0 Å². The second kappa shape index (κ2) is 6.34. The number of nitro groups is 1. The van der Waals surface area contributed by atoms with Crippen LogP contribution in [0.4, 0.5) is 5.69 Å². The van der Waals surface area contributed by atoms with Crippen molar-refractivity contribution in [1.82, 2.24) is 4.90 Å². The first-order chi connectivity index (χ1) is 14.9. The molecule has 160 valence electrons. The summed E-state index contributed by atoms with van der Waals surface area (Å²) in [5.74, 6) is 0.319.